The average Bonchev–Trinajstić information content (AvgIpc) is 3.37. The SMILES string of the molecule is COc1ccc(Cl)cc1NC(=O)CCc1nc(CSc2nc3ccc(C)cc3[nH]2)no1. The maximum Gasteiger partial charge on any atom is 0.227 e. The highest BCUT2D eigenvalue weighted by atomic mass is 35.5. The number of hydrogen-bond acceptors (Lipinski definition) is 7. The van der Waals surface area contributed by atoms with Crippen LogP contribution in [0.1, 0.15) is 23.7 Å². The number of aromatic nitrogens is 4. The number of methoxy groups -OCH3 is 1. The zero-order chi connectivity index (χ0) is 21.8. The second-order valence-corrected chi connectivity index (χ2v) is 8.25. The topological polar surface area (TPSA) is 106 Å². The molecule has 0 aliphatic heterocycles. The van der Waals surface area contributed by atoms with Crippen molar-refractivity contribution in [3.63, 3.8) is 0 Å². The molecule has 2 aromatic carbocycles. The number of H-pyrrole nitrogens is 1. The Labute approximate surface area is 187 Å². The number of fused-ring (bicyclic) bond motifs is 1. The lowest BCUT2D eigenvalue weighted by atomic mass is 10.2. The molecular weight excluding hydrogens is 438 g/mol. The van der Waals surface area contributed by atoms with Gasteiger partial charge in [0.2, 0.25) is 11.8 Å². The zero-order valence-electron chi connectivity index (χ0n) is 16.9. The van der Waals surface area contributed by atoms with Gasteiger partial charge in [0, 0.05) is 17.9 Å². The molecule has 8 nitrogen and oxygen atoms in total. The summed E-state index contributed by atoms with van der Waals surface area (Å²) >= 11 is 7.48. The molecule has 1 amide bonds. The molecule has 160 valence electrons. The predicted octanol–water partition coefficient (Wildman–Crippen LogP) is 4.78. The fourth-order valence-corrected chi connectivity index (χ4v) is 3.86. The summed E-state index contributed by atoms with van der Waals surface area (Å²) in [5.41, 5.74) is 3.61. The summed E-state index contributed by atoms with van der Waals surface area (Å²) in [5.74, 6) is 1.80. The molecule has 0 saturated carbocycles. The van der Waals surface area contributed by atoms with Crippen molar-refractivity contribution in [2.24, 2.45) is 0 Å². The van der Waals surface area contributed by atoms with Crippen molar-refractivity contribution in [1.29, 1.82) is 0 Å². The quantitative estimate of drug-likeness (QED) is 0.367. The van der Waals surface area contributed by atoms with Gasteiger partial charge in [-0.25, -0.2) is 4.98 Å². The highest BCUT2D eigenvalue weighted by molar-refractivity contribution is 7.98. The minimum Gasteiger partial charge on any atom is -0.495 e. The number of benzene rings is 2. The Morgan fingerprint density at radius 2 is 2.13 bits per heavy atom. The van der Waals surface area contributed by atoms with E-state index >= 15 is 0 Å². The number of halogens is 1. The van der Waals surface area contributed by atoms with Crippen LogP contribution in [-0.4, -0.2) is 33.1 Å². The van der Waals surface area contributed by atoms with Crippen molar-refractivity contribution in [1.82, 2.24) is 20.1 Å². The molecule has 0 saturated heterocycles. The van der Waals surface area contributed by atoms with Gasteiger partial charge in [0.25, 0.3) is 0 Å². The molecule has 31 heavy (non-hydrogen) atoms. The van der Waals surface area contributed by atoms with E-state index in [-0.39, 0.29) is 12.3 Å². The number of carbonyl (C=O) groups excluding carboxylic acids is 1. The van der Waals surface area contributed by atoms with Crippen LogP contribution in [0, 0.1) is 6.92 Å². The third-order valence-corrected chi connectivity index (χ3v) is 5.57. The minimum atomic E-state index is -0.202. The molecule has 10 heteroatoms. The standard InChI is InChI=1S/C21H20ClN5O3S/c1-12-3-5-14-15(9-12)25-21(24-14)31-11-18-26-20(30-27-18)8-7-19(28)23-16-10-13(22)4-6-17(16)29-2/h3-6,9-10H,7-8,11H2,1-2H3,(H,23,28)(H,24,25). The Kier molecular flexibility index (Phi) is 6.43. The first-order valence-corrected chi connectivity index (χ1v) is 10.9. The first-order chi connectivity index (χ1) is 15.0. The van der Waals surface area contributed by atoms with Crippen LogP contribution in [0.15, 0.2) is 46.1 Å². The smallest absolute Gasteiger partial charge is 0.227 e. The Morgan fingerprint density at radius 1 is 1.26 bits per heavy atom. The summed E-state index contributed by atoms with van der Waals surface area (Å²) in [4.78, 5) is 24.5. The largest absolute Gasteiger partial charge is 0.495 e. The van der Waals surface area contributed by atoms with Gasteiger partial charge in [0.1, 0.15) is 5.75 Å². The first kappa shape index (κ1) is 21.2. The molecule has 0 spiro atoms. The highest BCUT2D eigenvalue weighted by Crippen LogP contribution is 2.28. The summed E-state index contributed by atoms with van der Waals surface area (Å²) < 4.78 is 10.5. The normalized spacial score (nSPS) is 11.1. The number of nitrogens with zero attached hydrogens (tertiary/aromatic N) is 3. The number of nitrogens with one attached hydrogen (secondary N) is 2. The van der Waals surface area contributed by atoms with Crippen molar-refractivity contribution >= 4 is 46.0 Å². The van der Waals surface area contributed by atoms with E-state index in [0.717, 1.165) is 16.2 Å². The van der Waals surface area contributed by atoms with Crippen LogP contribution in [0.3, 0.4) is 0 Å². The van der Waals surface area contributed by atoms with Gasteiger partial charge in [0.15, 0.2) is 11.0 Å². The number of rotatable bonds is 8. The molecule has 0 radical (unpaired) electrons. The van der Waals surface area contributed by atoms with Crippen LogP contribution in [0.4, 0.5) is 5.69 Å². The first-order valence-electron chi connectivity index (χ1n) is 9.54. The lowest BCUT2D eigenvalue weighted by Gasteiger charge is -2.10. The van der Waals surface area contributed by atoms with Gasteiger partial charge in [-0.1, -0.05) is 34.6 Å². The average molecular weight is 458 g/mol. The molecule has 2 aromatic heterocycles. The predicted molar refractivity (Wildman–Crippen MR) is 120 cm³/mol. The van der Waals surface area contributed by atoms with E-state index in [1.807, 2.05) is 19.1 Å². The van der Waals surface area contributed by atoms with Gasteiger partial charge in [-0.2, -0.15) is 4.98 Å². The van der Waals surface area contributed by atoms with Crippen molar-refractivity contribution < 1.29 is 14.1 Å². The summed E-state index contributed by atoms with van der Waals surface area (Å²) in [7, 11) is 1.53. The maximum absolute atomic E-state index is 12.3. The summed E-state index contributed by atoms with van der Waals surface area (Å²) in [6.45, 7) is 2.04. The van der Waals surface area contributed by atoms with Crippen LogP contribution in [0.25, 0.3) is 11.0 Å². The van der Waals surface area contributed by atoms with E-state index < -0.39 is 0 Å². The van der Waals surface area contributed by atoms with E-state index in [2.05, 4.69) is 31.5 Å². The van der Waals surface area contributed by atoms with Crippen LogP contribution in [-0.2, 0) is 17.0 Å². The second-order valence-electron chi connectivity index (χ2n) is 6.85. The van der Waals surface area contributed by atoms with Gasteiger partial charge in [-0.15, -0.1) is 0 Å². The van der Waals surface area contributed by atoms with Crippen molar-refractivity contribution in [3.8, 4) is 5.75 Å². The molecule has 4 aromatic rings. The third-order valence-electron chi connectivity index (χ3n) is 4.47. The number of carbonyl (C=O) groups is 1. The Morgan fingerprint density at radius 3 is 2.97 bits per heavy atom. The molecule has 0 bridgehead atoms. The van der Waals surface area contributed by atoms with Crippen molar-refractivity contribution in [2.45, 2.75) is 30.7 Å². The van der Waals surface area contributed by atoms with Gasteiger partial charge < -0.3 is 19.6 Å². The Bertz CT molecular complexity index is 1220. The summed E-state index contributed by atoms with van der Waals surface area (Å²) in [5, 5.41) is 8.07. The molecule has 2 heterocycles. The molecule has 0 aliphatic rings. The van der Waals surface area contributed by atoms with E-state index in [4.69, 9.17) is 20.9 Å². The van der Waals surface area contributed by atoms with Crippen LogP contribution >= 0.6 is 23.4 Å². The maximum atomic E-state index is 12.3. The Balaban J connectivity index is 1.29. The zero-order valence-corrected chi connectivity index (χ0v) is 18.5. The van der Waals surface area contributed by atoms with E-state index in [9.17, 15) is 4.79 Å². The van der Waals surface area contributed by atoms with Crippen molar-refractivity contribution in [3.05, 3.63) is 58.7 Å². The van der Waals surface area contributed by atoms with Gasteiger partial charge in [-0.05, 0) is 42.8 Å². The molecule has 0 unspecified atom stereocenters. The lowest BCUT2D eigenvalue weighted by molar-refractivity contribution is -0.116. The summed E-state index contributed by atoms with van der Waals surface area (Å²) in [6, 6.07) is 11.1. The minimum absolute atomic E-state index is 0.188. The molecule has 0 atom stereocenters. The number of ether oxygens (including phenoxy) is 1. The number of imidazole rings is 1. The van der Waals surface area contributed by atoms with Crippen molar-refractivity contribution in [2.75, 3.05) is 12.4 Å². The van der Waals surface area contributed by atoms with Crippen LogP contribution in [0.2, 0.25) is 5.02 Å². The monoisotopic (exact) mass is 457 g/mol. The molecule has 4 rings (SSSR count). The van der Waals surface area contributed by atoms with Gasteiger partial charge >= 0.3 is 0 Å². The fourth-order valence-electron chi connectivity index (χ4n) is 2.96. The number of thioether (sulfide) groups is 1. The van der Waals surface area contributed by atoms with Crippen LogP contribution < -0.4 is 10.1 Å². The van der Waals surface area contributed by atoms with E-state index in [1.165, 1.54) is 24.4 Å². The number of aromatic amines is 1. The Hall–Kier alpha value is -3.04. The molecule has 0 aliphatic carbocycles. The number of aryl methyl sites for hydroxylation is 2. The van der Waals surface area contributed by atoms with E-state index in [0.29, 0.717) is 40.3 Å². The molecular formula is C21H20ClN5O3S. The molecule has 0 fully saturated rings. The number of anilines is 1. The lowest BCUT2D eigenvalue weighted by Crippen LogP contribution is -2.13. The third kappa shape index (κ3) is 5.36. The second kappa shape index (κ2) is 9.40. The number of amides is 1. The van der Waals surface area contributed by atoms with Gasteiger partial charge in [0.05, 0.1) is 29.6 Å². The number of hydrogen-bond donors (Lipinski definition) is 2. The van der Waals surface area contributed by atoms with Gasteiger partial charge in [-0.3, -0.25) is 4.79 Å². The summed E-state index contributed by atoms with van der Waals surface area (Å²) in [6.07, 6.45) is 0.518. The molecule has 2 N–H and O–H groups in total. The fraction of sp³-hybridized carbons (Fsp3) is 0.238. The van der Waals surface area contributed by atoms with E-state index in [1.54, 1.807) is 18.2 Å². The highest BCUT2D eigenvalue weighted by Gasteiger charge is 2.13. The van der Waals surface area contributed by atoms with Crippen LogP contribution in [0.5, 0.6) is 5.75 Å².